The van der Waals surface area contributed by atoms with Gasteiger partial charge in [0, 0.05) is 10.0 Å². The molecule has 1 atom stereocenters. The molecular formula is C16H14Cl2N4OS2. The summed E-state index contributed by atoms with van der Waals surface area (Å²) in [6, 6.07) is 8.79. The summed E-state index contributed by atoms with van der Waals surface area (Å²) >= 11 is 18.9. The Morgan fingerprint density at radius 2 is 2.24 bits per heavy atom. The van der Waals surface area contributed by atoms with Gasteiger partial charge >= 0.3 is 0 Å². The van der Waals surface area contributed by atoms with Crippen LogP contribution in [0.3, 0.4) is 0 Å². The van der Waals surface area contributed by atoms with Crippen molar-refractivity contribution in [2.45, 2.75) is 19.5 Å². The minimum Gasteiger partial charge on any atom is -0.348 e. The molecule has 0 aliphatic carbocycles. The number of hydrogen-bond acceptors (Lipinski definition) is 4. The van der Waals surface area contributed by atoms with E-state index < -0.39 is 0 Å². The lowest BCUT2D eigenvalue weighted by molar-refractivity contribution is -0.122. The van der Waals surface area contributed by atoms with Gasteiger partial charge in [-0.05, 0) is 48.3 Å². The standard InChI is InChI=1S/C16H14Cl2N4OS2/c1-9(11-5-4-10(17)7-12(11)18)19-14(23)8-22-15(20-21-16(22)24)13-3-2-6-25-13/h2-7,9H,8H2,1H3,(H,19,23)(H,21,24)/t9-/m1/s1. The van der Waals surface area contributed by atoms with Crippen molar-refractivity contribution in [3.63, 3.8) is 0 Å². The van der Waals surface area contributed by atoms with Crippen molar-refractivity contribution >= 4 is 52.7 Å². The van der Waals surface area contributed by atoms with Crippen molar-refractivity contribution in [3.05, 3.63) is 56.1 Å². The molecule has 2 heterocycles. The molecule has 130 valence electrons. The number of amides is 1. The summed E-state index contributed by atoms with van der Waals surface area (Å²) in [4.78, 5) is 13.4. The third-order valence-electron chi connectivity index (χ3n) is 3.61. The summed E-state index contributed by atoms with van der Waals surface area (Å²) in [6.07, 6.45) is 0. The van der Waals surface area contributed by atoms with E-state index in [1.807, 2.05) is 24.4 Å². The Kier molecular flexibility index (Phi) is 5.58. The second kappa shape index (κ2) is 7.70. The highest BCUT2D eigenvalue weighted by Gasteiger charge is 2.16. The van der Waals surface area contributed by atoms with Crippen molar-refractivity contribution in [2.75, 3.05) is 0 Å². The molecule has 0 bridgehead atoms. The zero-order valence-corrected chi connectivity index (χ0v) is 16.3. The van der Waals surface area contributed by atoms with E-state index in [4.69, 9.17) is 35.4 Å². The zero-order valence-electron chi connectivity index (χ0n) is 13.1. The van der Waals surface area contributed by atoms with Gasteiger partial charge in [0.25, 0.3) is 0 Å². The number of H-pyrrole nitrogens is 1. The molecule has 3 rings (SSSR count). The normalized spacial score (nSPS) is 12.1. The quantitative estimate of drug-likeness (QED) is 0.588. The van der Waals surface area contributed by atoms with Crippen LogP contribution in [0.4, 0.5) is 0 Å². The van der Waals surface area contributed by atoms with E-state index >= 15 is 0 Å². The fraction of sp³-hybridized carbons (Fsp3) is 0.188. The molecule has 1 aromatic carbocycles. The van der Waals surface area contributed by atoms with Gasteiger partial charge in [-0.15, -0.1) is 11.3 Å². The summed E-state index contributed by atoms with van der Waals surface area (Å²) in [5.74, 6) is 0.459. The fourth-order valence-corrected chi connectivity index (χ4v) is 3.91. The van der Waals surface area contributed by atoms with Crippen molar-refractivity contribution in [1.29, 1.82) is 0 Å². The smallest absolute Gasteiger partial charge is 0.240 e. The van der Waals surface area contributed by atoms with Gasteiger partial charge in [0.2, 0.25) is 5.91 Å². The predicted molar refractivity (Wildman–Crippen MR) is 104 cm³/mol. The lowest BCUT2D eigenvalue weighted by Crippen LogP contribution is -2.30. The van der Waals surface area contributed by atoms with E-state index in [-0.39, 0.29) is 18.5 Å². The molecular weight excluding hydrogens is 399 g/mol. The lowest BCUT2D eigenvalue weighted by atomic mass is 10.1. The van der Waals surface area contributed by atoms with Crippen LogP contribution < -0.4 is 5.32 Å². The number of halogens is 2. The number of carbonyl (C=O) groups is 1. The second-order valence-electron chi connectivity index (χ2n) is 5.37. The van der Waals surface area contributed by atoms with Gasteiger partial charge in [-0.1, -0.05) is 35.3 Å². The first-order chi connectivity index (χ1) is 12.0. The van der Waals surface area contributed by atoms with E-state index in [1.54, 1.807) is 22.8 Å². The van der Waals surface area contributed by atoms with Gasteiger partial charge < -0.3 is 5.32 Å². The molecule has 0 unspecified atom stereocenters. The average Bonchev–Trinajstić information content (AvgIpc) is 3.18. The summed E-state index contributed by atoms with van der Waals surface area (Å²) in [7, 11) is 0. The van der Waals surface area contributed by atoms with E-state index in [0.717, 1.165) is 10.4 Å². The minimum absolute atomic E-state index is 0.0676. The molecule has 0 fully saturated rings. The first kappa shape index (κ1) is 18.1. The van der Waals surface area contributed by atoms with Gasteiger partial charge in [0.15, 0.2) is 10.6 Å². The first-order valence-corrected chi connectivity index (χ1v) is 9.43. The summed E-state index contributed by atoms with van der Waals surface area (Å²) < 4.78 is 2.07. The minimum atomic E-state index is -0.261. The van der Waals surface area contributed by atoms with Crippen molar-refractivity contribution in [1.82, 2.24) is 20.1 Å². The summed E-state index contributed by atoms with van der Waals surface area (Å²) in [6.45, 7) is 1.93. The Hall–Kier alpha value is -1.67. The van der Waals surface area contributed by atoms with Crippen LogP contribution in [0.25, 0.3) is 10.7 Å². The van der Waals surface area contributed by atoms with Crippen LogP contribution in [-0.4, -0.2) is 20.7 Å². The van der Waals surface area contributed by atoms with Gasteiger partial charge in [-0.2, -0.15) is 5.10 Å². The maximum Gasteiger partial charge on any atom is 0.240 e. The van der Waals surface area contributed by atoms with Gasteiger partial charge in [0.1, 0.15) is 6.54 Å². The maximum absolute atomic E-state index is 12.5. The van der Waals surface area contributed by atoms with Crippen LogP contribution in [-0.2, 0) is 11.3 Å². The number of nitrogens with one attached hydrogen (secondary N) is 2. The molecule has 0 radical (unpaired) electrons. The molecule has 0 aliphatic heterocycles. The topological polar surface area (TPSA) is 62.7 Å². The van der Waals surface area contributed by atoms with Crippen LogP contribution >= 0.6 is 46.8 Å². The molecule has 9 heteroatoms. The number of carbonyl (C=O) groups excluding carboxylic acids is 1. The average molecular weight is 413 g/mol. The molecule has 0 saturated heterocycles. The summed E-state index contributed by atoms with van der Waals surface area (Å²) in [5, 5.41) is 12.9. The van der Waals surface area contributed by atoms with E-state index in [0.29, 0.717) is 20.6 Å². The number of nitrogens with zero attached hydrogens (tertiary/aromatic N) is 2. The Morgan fingerprint density at radius 3 is 2.92 bits per heavy atom. The Balaban J connectivity index is 1.75. The van der Waals surface area contributed by atoms with Gasteiger partial charge in [0.05, 0.1) is 10.9 Å². The molecule has 3 aromatic rings. The predicted octanol–water partition coefficient (Wildman–Crippen LogP) is 4.85. The zero-order chi connectivity index (χ0) is 18.0. The highest BCUT2D eigenvalue weighted by atomic mass is 35.5. The van der Waals surface area contributed by atoms with Crippen molar-refractivity contribution in [2.24, 2.45) is 0 Å². The van der Waals surface area contributed by atoms with Crippen LogP contribution in [0.15, 0.2) is 35.7 Å². The number of aromatic amines is 1. The highest BCUT2D eigenvalue weighted by Crippen LogP contribution is 2.26. The third kappa shape index (κ3) is 4.12. The van der Waals surface area contributed by atoms with Crippen molar-refractivity contribution < 1.29 is 4.79 Å². The van der Waals surface area contributed by atoms with Crippen molar-refractivity contribution in [3.8, 4) is 10.7 Å². The third-order valence-corrected chi connectivity index (χ3v) is 5.35. The largest absolute Gasteiger partial charge is 0.348 e. The fourth-order valence-electron chi connectivity index (χ4n) is 2.42. The molecule has 0 saturated carbocycles. The molecule has 5 nitrogen and oxygen atoms in total. The number of aromatic nitrogens is 3. The molecule has 25 heavy (non-hydrogen) atoms. The molecule has 0 spiro atoms. The van der Waals surface area contributed by atoms with Gasteiger partial charge in [-0.25, -0.2) is 0 Å². The van der Waals surface area contributed by atoms with E-state index in [1.165, 1.54) is 11.3 Å². The summed E-state index contributed by atoms with van der Waals surface area (Å²) in [5.41, 5.74) is 0.800. The number of hydrogen-bond donors (Lipinski definition) is 2. The van der Waals surface area contributed by atoms with Crippen LogP contribution in [0.1, 0.15) is 18.5 Å². The second-order valence-corrected chi connectivity index (χ2v) is 7.55. The molecule has 1 amide bonds. The molecule has 2 aromatic heterocycles. The van der Waals surface area contributed by atoms with Crippen LogP contribution in [0, 0.1) is 4.77 Å². The Labute approximate surface area is 163 Å². The van der Waals surface area contributed by atoms with Crippen LogP contribution in [0.2, 0.25) is 10.0 Å². The lowest BCUT2D eigenvalue weighted by Gasteiger charge is -2.16. The monoisotopic (exact) mass is 412 g/mol. The number of rotatable bonds is 5. The van der Waals surface area contributed by atoms with E-state index in [9.17, 15) is 4.79 Å². The van der Waals surface area contributed by atoms with Gasteiger partial charge in [-0.3, -0.25) is 14.5 Å². The number of benzene rings is 1. The maximum atomic E-state index is 12.5. The number of thiophene rings is 1. The highest BCUT2D eigenvalue weighted by molar-refractivity contribution is 7.71. The SMILES string of the molecule is C[C@@H](NC(=O)Cn1c(-c2cccs2)n[nH]c1=S)c1ccc(Cl)cc1Cl. The molecule has 0 aliphatic rings. The van der Waals surface area contributed by atoms with E-state index in [2.05, 4.69) is 15.5 Å². The first-order valence-electron chi connectivity index (χ1n) is 7.39. The molecule has 2 N–H and O–H groups in total. The van der Waals surface area contributed by atoms with Crippen LogP contribution in [0.5, 0.6) is 0 Å². The Morgan fingerprint density at radius 1 is 1.44 bits per heavy atom. The Bertz CT molecular complexity index is 949.